The zero-order valence-electron chi connectivity index (χ0n) is 16.2. The van der Waals surface area contributed by atoms with Crippen molar-refractivity contribution in [3.05, 3.63) is 59.4 Å². The van der Waals surface area contributed by atoms with Crippen molar-refractivity contribution in [2.75, 3.05) is 25.0 Å². The van der Waals surface area contributed by atoms with Crippen molar-refractivity contribution in [3.63, 3.8) is 0 Å². The van der Waals surface area contributed by atoms with Crippen LogP contribution in [0.2, 0.25) is 0 Å². The maximum Gasteiger partial charge on any atom is 0.225 e. The lowest BCUT2D eigenvalue weighted by atomic mass is 9.89. The fourth-order valence-electron chi connectivity index (χ4n) is 3.64. The Kier molecular flexibility index (Phi) is 6.58. The van der Waals surface area contributed by atoms with Gasteiger partial charge in [0.15, 0.2) is 0 Å². The van der Waals surface area contributed by atoms with E-state index in [9.17, 15) is 9.90 Å². The minimum atomic E-state index is -0.499. The summed E-state index contributed by atoms with van der Waals surface area (Å²) in [6.45, 7) is 6.65. The van der Waals surface area contributed by atoms with Crippen LogP contribution < -0.4 is 5.32 Å². The van der Waals surface area contributed by atoms with E-state index in [0.717, 1.165) is 49.4 Å². The lowest BCUT2D eigenvalue weighted by molar-refractivity contribution is -0.116. The van der Waals surface area contributed by atoms with Gasteiger partial charge in [-0.3, -0.25) is 9.78 Å². The third-order valence-corrected chi connectivity index (χ3v) is 5.60. The largest absolute Gasteiger partial charge is 0.387 e. The van der Waals surface area contributed by atoms with Crippen molar-refractivity contribution in [1.29, 1.82) is 0 Å². The summed E-state index contributed by atoms with van der Waals surface area (Å²) < 4.78 is 0. The zero-order valence-corrected chi connectivity index (χ0v) is 16.2. The van der Waals surface area contributed by atoms with Crippen molar-refractivity contribution >= 4 is 11.6 Å². The second kappa shape index (κ2) is 9.11. The molecule has 0 radical (unpaired) electrons. The molecule has 1 aromatic carbocycles. The highest BCUT2D eigenvalue weighted by Gasteiger charge is 2.27. The van der Waals surface area contributed by atoms with Gasteiger partial charge in [0.25, 0.3) is 0 Å². The number of pyridine rings is 1. The van der Waals surface area contributed by atoms with Gasteiger partial charge in [0.2, 0.25) is 5.91 Å². The first kappa shape index (κ1) is 19.5. The highest BCUT2D eigenvalue weighted by molar-refractivity contribution is 5.91. The quantitative estimate of drug-likeness (QED) is 0.820. The van der Waals surface area contributed by atoms with Crippen LogP contribution in [-0.4, -0.2) is 40.5 Å². The second-order valence-corrected chi connectivity index (χ2v) is 7.42. The minimum absolute atomic E-state index is 0.0549. The van der Waals surface area contributed by atoms with Gasteiger partial charge in [-0.1, -0.05) is 18.2 Å². The van der Waals surface area contributed by atoms with Crippen molar-refractivity contribution in [3.8, 4) is 0 Å². The Balaban J connectivity index is 1.43. The molecule has 1 aliphatic heterocycles. The zero-order chi connectivity index (χ0) is 19.2. The van der Waals surface area contributed by atoms with E-state index in [-0.39, 0.29) is 11.8 Å². The number of hydrogen-bond donors (Lipinski definition) is 2. The molecule has 0 aliphatic carbocycles. The van der Waals surface area contributed by atoms with Gasteiger partial charge < -0.3 is 15.3 Å². The number of likely N-dealkylation sites (tertiary alicyclic amines) is 1. The molecule has 3 rings (SSSR count). The molecule has 1 fully saturated rings. The molecule has 1 amide bonds. The average molecular weight is 367 g/mol. The van der Waals surface area contributed by atoms with Crippen LogP contribution >= 0.6 is 0 Å². The summed E-state index contributed by atoms with van der Waals surface area (Å²) in [4.78, 5) is 18.9. The van der Waals surface area contributed by atoms with E-state index in [1.807, 2.05) is 37.3 Å². The molecule has 2 heterocycles. The molecule has 0 bridgehead atoms. The Labute approximate surface area is 161 Å². The van der Waals surface area contributed by atoms with Gasteiger partial charge >= 0.3 is 0 Å². The number of nitrogens with zero attached hydrogens (tertiary/aromatic N) is 2. The van der Waals surface area contributed by atoms with Crippen LogP contribution in [0.25, 0.3) is 0 Å². The summed E-state index contributed by atoms with van der Waals surface area (Å²) in [6, 6.07) is 11.6. The Hall–Kier alpha value is -2.24. The number of hydrogen-bond acceptors (Lipinski definition) is 4. The molecule has 2 N–H and O–H groups in total. The highest BCUT2D eigenvalue weighted by atomic mass is 16.3. The van der Waals surface area contributed by atoms with Gasteiger partial charge in [0.05, 0.1) is 11.8 Å². The average Bonchev–Trinajstić information content (AvgIpc) is 2.70. The Bertz CT molecular complexity index is 755. The Morgan fingerprint density at radius 3 is 2.70 bits per heavy atom. The maximum atomic E-state index is 12.3. The van der Waals surface area contributed by atoms with Gasteiger partial charge in [0, 0.05) is 24.8 Å². The molecule has 5 heteroatoms. The van der Waals surface area contributed by atoms with Gasteiger partial charge in [0.1, 0.15) is 0 Å². The number of aliphatic hydroxyl groups excluding tert-OH is 1. The molecule has 144 valence electrons. The van der Waals surface area contributed by atoms with Gasteiger partial charge in [-0.2, -0.15) is 0 Å². The first-order valence-corrected chi connectivity index (χ1v) is 9.72. The molecule has 2 aromatic rings. The maximum absolute atomic E-state index is 12.3. The summed E-state index contributed by atoms with van der Waals surface area (Å²) in [6.07, 6.45) is 3.57. The molecule has 0 spiro atoms. The van der Waals surface area contributed by atoms with E-state index in [0.29, 0.717) is 6.42 Å². The molecule has 1 atom stereocenters. The van der Waals surface area contributed by atoms with Crippen LogP contribution in [0, 0.1) is 19.8 Å². The number of amides is 1. The third kappa shape index (κ3) is 5.15. The third-order valence-electron chi connectivity index (χ3n) is 5.60. The normalized spacial score (nSPS) is 16.9. The van der Waals surface area contributed by atoms with Crippen molar-refractivity contribution in [1.82, 2.24) is 9.88 Å². The van der Waals surface area contributed by atoms with Gasteiger partial charge in [-0.15, -0.1) is 0 Å². The summed E-state index contributed by atoms with van der Waals surface area (Å²) >= 11 is 0. The highest BCUT2D eigenvalue weighted by Crippen LogP contribution is 2.29. The summed E-state index contributed by atoms with van der Waals surface area (Å²) in [5.74, 6) is 0.291. The van der Waals surface area contributed by atoms with Crippen LogP contribution in [0.5, 0.6) is 0 Å². The predicted molar refractivity (Wildman–Crippen MR) is 108 cm³/mol. The van der Waals surface area contributed by atoms with Crippen LogP contribution in [0.3, 0.4) is 0 Å². The Morgan fingerprint density at radius 2 is 2.00 bits per heavy atom. The number of carbonyl (C=O) groups is 1. The minimum Gasteiger partial charge on any atom is -0.387 e. The van der Waals surface area contributed by atoms with Crippen molar-refractivity contribution in [2.45, 2.75) is 39.2 Å². The molecule has 1 saturated heterocycles. The predicted octanol–water partition coefficient (Wildman–Crippen LogP) is 3.47. The van der Waals surface area contributed by atoms with Crippen LogP contribution in [0.1, 0.15) is 42.2 Å². The van der Waals surface area contributed by atoms with E-state index in [1.165, 1.54) is 5.56 Å². The number of aromatic nitrogens is 1. The van der Waals surface area contributed by atoms with E-state index in [1.54, 1.807) is 6.20 Å². The molecule has 5 nitrogen and oxygen atoms in total. The molecule has 1 aliphatic rings. The number of aliphatic hydroxyl groups is 1. The Morgan fingerprint density at radius 1 is 1.22 bits per heavy atom. The molecule has 1 aromatic heterocycles. The number of carbonyl (C=O) groups excluding carboxylic acids is 1. The molecule has 27 heavy (non-hydrogen) atoms. The summed E-state index contributed by atoms with van der Waals surface area (Å²) in [5, 5.41) is 13.5. The van der Waals surface area contributed by atoms with Crippen molar-refractivity contribution in [2.24, 2.45) is 5.92 Å². The van der Waals surface area contributed by atoms with E-state index >= 15 is 0 Å². The van der Waals surface area contributed by atoms with Crippen molar-refractivity contribution < 1.29 is 9.90 Å². The second-order valence-electron chi connectivity index (χ2n) is 7.42. The van der Waals surface area contributed by atoms with Gasteiger partial charge in [-0.25, -0.2) is 0 Å². The van der Waals surface area contributed by atoms with E-state index in [4.69, 9.17) is 0 Å². The number of benzene rings is 1. The lowest BCUT2D eigenvalue weighted by Gasteiger charge is -2.33. The molecular formula is C22H29N3O2. The number of anilines is 1. The fraction of sp³-hybridized carbons (Fsp3) is 0.455. The van der Waals surface area contributed by atoms with Gasteiger partial charge in [-0.05, 0) is 75.0 Å². The summed E-state index contributed by atoms with van der Waals surface area (Å²) in [5.41, 5.74) is 3.96. The SMILES string of the molecule is Cc1cccc(NC(=O)CCN2CCC(C(O)c3ccccn3)CC2)c1C. The summed E-state index contributed by atoms with van der Waals surface area (Å²) in [7, 11) is 0. The van der Waals surface area contributed by atoms with Crippen LogP contribution in [0.4, 0.5) is 5.69 Å². The smallest absolute Gasteiger partial charge is 0.225 e. The first-order chi connectivity index (χ1) is 13.0. The van der Waals surface area contributed by atoms with Crippen LogP contribution in [-0.2, 0) is 4.79 Å². The first-order valence-electron chi connectivity index (χ1n) is 9.72. The number of nitrogens with one attached hydrogen (secondary N) is 1. The molecule has 0 saturated carbocycles. The lowest BCUT2D eigenvalue weighted by Crippen LogP contribution is -2.37. The van der Waals surface area contributed by atoms with E-state index < -0.39 is 6.10 Å². The number of rotatable bonds is 6. The monoisotopic (exact) mass is 367 g/mol. The number of piperidine rings is 1. The fourth-order valence-corrected chi connectivity index (χ4v) is 3.64. The van der Waals surface area contributed by atoms with Crippen LogP contribution in [0.15, 0.2) is 42.6 Å². The van der Waals surface area contributed by atoms with E-state index in [2.05, 4.69) is 28.2 Å². The molecule has 1 unspecified atom stereocenters. The number of aryl methyl sites for hydroxylation is 1. The molecular weight excluding hydrogens is 338 g/mol. The standard InChI is InChI=1S/C22H29N3O2/c1-16-6-5-8-19(17(16)2)24-21(26)11-15-25-13-9-18(10-14-25)22(27)20-7-3-4-12-23-20/h3-8,12,18,22,27H,9-11,13-15H2,1-2H3,(H,24,26). The topological polar surface area (TPSA) is 65.5 Å².